The third-order valence-electron chi connectivity index (χ3n) is 4.36. The van der Waals surface area contributed by atoms with Crippen LogP contribution < -0.4 is 5.32 Å². The number of nitrogens with one attached hydrogen (secondary N) is 2. The zero-order valence-electron chi connectivity index (χ0n) is 15.8. The predicted molar refractivity (Wildman–Crippen MR) is 119 cm³/mol. The summed E-state index contributed by atoms with van der Waals surface area (Å²) in [6.07, 6.45) is 0. The average Bonchev–Trinajstić information content (AvgIpc) is 3.37. The molecule has 0 aliphatic rings. The Bertz CT molecular complexity index is 1110. The molecule has 0 aliphatic heterocycles. The number of H-pyrrole nitrogens is 1. The molecule has 148 valence electrons. The van der Waals surface area contributed by atoms with Crippen molar-refractivity contribution < 1.29 is 9.53 Å². The molecule has 0 radical (unpaired) electrons. The summed E-state index contributed by atoms with van der Waals surface area (Å²) in [5, 5.41) is 13.1. The number of nitrogens with zero attached hydrogens (tertiary/aromatic N) is 2. The molecule has 0 unspecified atom stereocenters. The van der Waals surface area contributed by atoms with Crippen molar-refractivity contribution >= 4 is 44.9 Å². The van der Waals surface area contributed by atoms with Crippen LogP contribution in [0.25, 0.3) is 22.2 Å². The molecule has 6 nitrogen and oxygen atoms in total. The maximum absolute atomic E-state index is 13.2. The van der Waals surface area contributed by atoms with Crippen molar-refractivity contribution in [3.8, 4) is 11.3 Å². The van der Waals surface area contributed by atoms with Crippen LogP contribution in [0.2, 0.25) is 0 Å². The van der Waals surface area contributed by atoms with Crippen LogP contribution in [-0.2, 0) is 4.74 Å². The number of Topliss-reactive ketones (excluding diaryl/α,β-unsaturated/α-hetero) is 1. The fourth-order valence-corrected chi connectivity index (χ4v) is 4.70. The lowest BCUT2D eigenvalue weighted by molar-refractivity contribution is 0.102. The maximum Gasteiger partial charge on any atom is 0.206 e. The normalized spacial score (nSPS) is 11.1. The van der Waals surface area contributed by atoms with Gasteiger partial charge in [0.05, 0.1) is 23.6 Å². The molecule has 4 rings (SSSR count). The molecule has 0 amide bonds. The van der Waals surface area contributed by atoms with Crippen LogP contribution in [0.15, 0.2) is 58.9 Å². The number of para-hydroxylation sites is 1. The van der Waals surface area contributed by atoms with Gasteiger partial charge in [-0.1, -0.05) is 71.6 Å². The second-order valence-corrected chi connectivity index (χ2v) is 8.49. The van der Waals surface area contributed by atoms with Gasteiger partial charge in [0.25, 0.3) is 0 Å². The Kier molecular flexibility index (Phi) is 6.24. The number of aromatic amines is 1. The van der Waals surface area contributed by atoms with Crippen molar-refractivity contribution in [1.82, 2.24) is 15.2 Å². The third-order valence-corrected chi connectivity index (χ3v) is 6.38. The van der Waals surface area contributed by atoms with E-state index >= 15 is 0 Å². The number of carbonyl (C=O) groups is 1. The molecule has 29 heavy (non-hydrogen) atoms. The molecule has 4 aromatic rings. The average molecular weight is 425 g/mol. The van der Waals surface area contributed by atoms with E-state index in [1.165, 1.54) is 23.1 Å². The van der Waals surface area contributed by atoms with Gasteiger partial charge in [0.15, 0.2) is 10.1 Å². The van der Waals surface area contributed by atoms with Gasteiger partial charge in [-0.25, -0.2) is 0 Å². The molecule has 0 spiro atoms. The molecular weight excluding hydrogens is 404 g/mol. The first-order valence-electron chi connectivity index (χ1n) is 9.14. The largest absolute Gasteiger partial charge is 0.383 e. The Hall–Kier alpha value is -2.68. The fraction of sp³-hybridized carbons (Fsp3) is 0.190. The highest BCUT2D eigenvalue weighted by Gasteiger charge is 2.20. The molecule has 0 saturated heterocycles. The summed E-state index contributed by atoms with van der Waals surface area (Å²) in [7, 11) is 1.66. The Labute approximate surface area is 176 Å². The minimum atomic E-state index is 0.0652. The predicted octanol–water partition coefficient (Wildman–Crippen LogP) is 4.72. The number of benzene rings is 2. The van der Waals surface area contributed by atoms with E-state index in [1.807, 2.05) is 54.6 Å². The summed E-state index contributed by atoms with van der Waals surface area (Å²) in [6, 6.07) is 17.8. The highest BCUT2D eigenvalue weighted by Crippen LogP contribution is 2.33. The number of aromatic nitrogens is 3. The Morgan fingerprint density at radius 3 is 2.76 bits per heavy atom. The standard InChI is InChI=1S/C21H20N4O2S2/c1-27-12-11-22-20-24-25-21(29-20)28-13-17(26)18-15-9-5-6-10-16(15)23-19(18)14-7-3-2-4-8-14/h2-10,23H,11-13H2,1H3,(H,22,24). The van der Waals surface area contributed by atoms with Crippen molar-refractivity contribution in [3.63, 3.8) is 0 Å². The molecule has 0 aliphatic carbocycles. The van der Waals surface area contributed by atoms with Gasteiger partial charge >= 0.3 is 0 Å². The van der Waals surface area contributed by atoms with Crippen LogP contribution in [0.1, 0.15) is 10.4 Å². The molecule has 0 fully saturated rings. The molecule has 8 heteroatoms. The summed E-state index contributed by atoms with van der Waals surface area (Å²) in [5.41, 5.74) is 3.54. The van der Waals surface area contributed by atoms with Gasteiger partial charge in [-0.2, -0.15) is 0 Å². The molecule has 0 saturated carbocycles. The number of ketones is 1. The first-order chi connectivity index (χ1) is 14.3. The molecule has 2 aromatic carbocycles. The van der Waals surface area contributed by atoms with Gasteiger partial charge in [0.2, 0.25) is 5.13 Å². The highest BCUT2D eigenvalue weighted by atomic mass is 32.2. The summed E-state index contributed by atoms with van der Waals surface area (Å²) in [4.78, 5) is 16.6. The van der Waals surface area contributed by atoms with Crippen molar-refractivity contribution in [2.75, 3.05) is 31.3 Å². The summed E-state index contributed by atoms with van der Waals surface area (Å²) >= 11 is 2.85. The number of fused-ring (bicyclic) bond motifs is 1. The van der Waals surface area contributed by atoms with Gasteiger partial charge in [0.1, 0.15) is 0 Å². The molecule has 2 heterocycles. The van der Waals surface area contributed by atoms with Crippen LogP contribution in [0.4, 0.5) is 5.13 Å². The molecule has 0 bridgehead atoms. The highest BCUT2D eigenvalue weighted by molar-refractivity contribution is 8.01. The lowest BCUT2D eigenvalue weighted by atomic mass is 10.0. The molecule has 2 N–H and O–H groups in total. The number of anilines is 1. The van der Waals surface area contributed by atoms with E-state index in [1.54, 1.807) is 7.11 Å². The minimum Gasteiger partial charge on any atom is -0.383 e. The smallest absolute Gasteiger partial charge is 0.206 e. The zero-order chi connectivity index (χ0) is 20.1. The maximum atomic E-state index is 13.2. The van der Waals surface area contributed by atoms with Crippen LogP contribution in [-0.4, -0.2) is 47.0 Å². The number of methoxy groups -OCH3 is 1. The van der Waals surface area contributed by atoms with Gasteiger partial charge < -0.3 is 15.0 Å². The van der Waals surface area contributed by atoms with Gasteiger partial charge in [-0.05, 0) is 11.6 Å². The lowest BCUT2D eigenvalue weighted by Crippen LogP contribution is -2.06. The van der Waals surface area contributed by atoms with E-state index in [0.29, 0.717) is 18.9 Å². The minimum absolute atomic E-state index is 0.0652. The Morgan fingerprint density at radius 1 is 1.14 bits per heavy atom. The molecule has 0 atom stereocenters. The van der Waals surface area contributed by atoms with Crippen molar-refractivity contribution in [2.45, 2.75) is 4.34 Å². The topological polar surface area (TPSA) is 79.9 Å². The van der Waals surface area contributed by atoms with E-state index < -0.39 is 0 Å². The monoisotopic (exact) mass is 424 g/mol. The first kappa shape index (κ1) is 19.6. The number of thioether (sulfide) groups is 1. The van der Waals surface area contributed by atoms with Crippen LogP contribution in [0, 0.1) is 0 Å². The zero-order valence-corrected chi connectivity index (χ0v) is 17.5. The first-order valence-corrected chi connectivity index (χ1v) is 10.9. The number of ether oxygens (including phenoxy) is 1. The number of hydrogen-bond acceptors (Lipinski definition) is 7. The lowest BCUT2D eigenvalue weighted by Gasteiger charge is -2.04. The van der Waals surface area contributed by atoms with Crippen LogP contribution in [0.5, 0.6) is 0 Å². The van der Waals surface area contributed by atoms with E-state index in [9.17, 15) is 4.79 Å². The number of hydrogen-bond donors (Lipinski definition) is 2. The second kappa shape index (κ2) is 9.21. The van der Waals surface area contributed by atoms with Gasteiger partial charge in [-0.15, -0.1) is 10.2 Å². The summed E-state index contributed by atoms with van der Waals surface area (Å²) in [6.45, 7) is 1.27. The van der Waals surface area contributed by atoms with Gasteiger partial charge in [0, 0.05) is 24.6 Å². The van der Waals surface area contributed by atoms with E-state index in [4.69, 9.17) is 4.74 Å². The number of rotatable bonds is 9. The van der Waals surface area contributed by atoms with E-state index in [0.717, 1.165) is 37.2 Å². The van der Waals surface area contributed by atoms with Crippen molar-refractivity contribution in [1.29, 1.82) is 0 Å². The fourth-order valence-electron chi connectivity index (χ4n) is 3.05. The third kappa shape index (κ3) is 4.50. The van der Waals surface area contributed by atoms with Crippen molar-refractivity contribution in [2.24, 2.45) is 0 Å². The molecule has 2 aromatic heterocycles. The van der Waals surface area contributed by atoms with E-state index in [2.05, 4.69) is 20.5 Å². The van der Waals surface area contributed by atoms with E-state index in [-0.39, 0.29) is 5.78 Å². The summed E-state index contributed by atoms with van der Waals surface area (Å²) in [5.74, 6) is 0.365. The number of carbonyl (C=O) groups excluding carboxylic acids is 1. The Balaban J connectivity index is 1.54. The van der Waals surface area contributed by atoms with Crippen LogP contribution in [0.3, 0.4) is 0 Å². The quantitative estimate of drug-likeness (QED) is 0.230. The summed E-state index contributed by atoms with van der Waals surface area (Å²) < 4.78 is 5.78. The Morgan fingerprint density at radius 2 is 1.93 bits per heavy atom. The van der Waals surface area contributed by atoms with Crippen LogP contribution >= 0.6 is 23.1 Å². The second-order valence-electron chi connectivity index (χ2n) is 6.29. The molecular formula is C21H20N4O2S2. The van der Waals surface area contributed by atoms with Crippen molar-refractivity contribution in [3.05, 3.63) is 60.2 Å². The SMILES string of the molecule is COCCNc1nnc(SCC(=O)c2c(-c3ccccc3)[nH]c3ccccc23)s1. The van der Waals surface area contributed by atoms with Gasteiger partial charge in [-0.3, -0.25) is 4.79 Å².